The second kappa shape index (κ2) is 5.31. The molecule has 1 heterocycles. The van der Waals surface area contributed by atoms with Gasteiger partial charge in [-0.2, -0.15) is 0 Å². The van der Waals surface area contributed by atoms with E-state index < -0.39 is 0 Å². The Hall–Kier alpha value is -1.36. The lowest BCUT2D eigenvalue weighted by Gasteiger charge is -2.18. The topological polar surface area (TPSA) is 73.1 Å². The van der Waals surface area contributed by atoms with Crippen molar-refractivity contribution in [2.45, 2.75) is 32.7 Å². The molecule has 0 aliphatic heterocycles. The normalized spacial score (nSPS) is 16.6. The Morgan fingerprint density at radius 2 is 2.29 bits per heavy atom. The lowest BCUT2D eigenvalue weighted by atomic mass is 10.2. The van der Waals surface area contributed by atoms with Crippen LogP contribution in [0.3, 0.4) is 0 Å². The van der Waals surface area contributed by atoms with Crippen molar-refractivity contribution in [3.05, 3.63) is 11.9 Å². The van der Waals surface area contributed by atoms with Crippen LogP contribution in [0.1, 0.15) is 25.3 Å². The molecule has 2 rings (SSSR count). The van der Waals surface area contributed by atoms with Gasteiger partial charge in [0.25, 0.3) is 0 Å². The molecular formula is C12H20N4O. The number of aromatic nitrogens is 2. The zero-order valence-corrected chi connectivity index (χ0v) is 10.4. The van der Waals surface area contributed by atoms with Crippen LogP contribution in [0.2, 0.25) is 0 Å². The van der Waals surface area contributed by atoms with E-state index in [1.165, 1.54) is 19.2 Å². The third-order valence-electron chi connectivity index (χ3n) is 3.09. The molecule has 1 aromatic heterocycles. The van der Waals surface area contributed by atoms with Crippen molar-refractivity contribution in [2.24, 2.45) is 11.7 Å². The molecule has 1 aliphatic rings. The van der Waals surface area contributed by atoms with E-state index in [4.69, 9.17) is 10.5 Å². The standard InChI is InChI=1S/C12H20N4O/c1-3-17-12-8(2)11(14-7-15-12)16-10(6-13)9-4-5-9/h7,9-10H,3-6,13H2,1-2H3,(H,14,15,16). The van der Waals surface area contributed by atoms with Crippen LogP contribution >= 0.6 is 0 Å². The smallest absolute Gasteiger partial charge is 0.221 e. The molecule has 0 spiro atoms. The minimum atomic E-state index is 0.318. The molecular weight excluding hydrogens is 216 g/mol. The molecule has 5 nitrogen and oxygen atoms in total. The molecule has 94 valence electrons. The largest absolute Gasteiger partial charge is 0.478 e. The summed E-state index contributed by atoms with van der Waals surface area (Å²) in [6, 6.07) is 0.318. The number of anilines is 1. The van der Waals surface area contributed by atoms with Crippen LogP contribution in [-0.4, -0.2) is 29.2 Å². The fraction of sp³-hybridized carbons (Fsp3) is 0.667. The van der Waals surface area contributed by atoms with Gasteiger partial charge in [-0.25, -0.2) is 9.97 Å². The zero-order valence-electron chi connectivity index (χ0n) is 10.4. The van der Waals surface area contributed by atoms with Crippen LogP contribution in [-0.2, 0) is 0 Å². The van der Waals surface area contributed by atoms with Crippen LogP contribution in [0.4, 0.5) is 5.82 Å². The summed E-state index contributed by atoms with van der Waals surface area (Å²) in [5.41, 5.74) is 6.72. The lowest BCUT2D eigenvalue weighted by Crippen LogP contribution is -2.31. The average Bonchev–Trinajstić information content (AvgIpc) is 3.15. The maximum Gasteiger partial charge on any atom is 0.221 e. The second-order valence-electron chi connectivity index (χ2n) is 4.41. The maximum absolute atomic E-state index is 5.77. The number of hydrogen-bond donors (Lipinski definition) is 2. The summed E-state index contributed by atoms with van der Waals surface area (Å²) in [6.45, 7) is 5.16. The Bertz CT molecular complexity index is 379. The Morgan fingerprint density at radius 1 is 1.53 bits per heavy atom. The minimum Gasteiger partial charge on any atom is -0.478 e. The molecule has 1 fully saturated rings. The van der Waals surface area contributed by atoms with Gasteiger partial charge in [-0.1, -0.05) is 0 Å². The first-order chi connectivity index (χ1) is 8.26. The summed E-state index contributed by atoms with van der Waals surface area (Å²) in [4.78, 5) is 8.38. The number of nitrogens with zero attached hydrogens (tertiary/aromatic N) is 2. The summed E-state index contributed by atoms with van der Waals surface area (Å²) in [6.07, 6.45) is 4.05. The van der Waals surface area contributed by atoms with E-state index in [0.29, 0.717) is 31.0 Å². The van der Waals surface area contributed by atoms with E-state index in [0.717, 1.165) is 11.4 Å². The highest BCUT2D eigenvalue weighted by molar-refractivity contribution is 5.48. The highest BCUT2D eigenvalue weighted by atomic mass is 16.5. The number of nitrogens with two attached hydrogens (primary N) is 1. The summed E-state index contributed by atoms with van der Waals surface area (Å²) >= 11 is 0. The molecule has 1 aromatic rings. The van der Waals surface area contributed by atoms with Gasteiger partial charge in [-0.05, 0) is 32.6 Å². The molecule has 0 amide bonds. The molecule has 3 N–H and O–H groups in total. The van der Waals surface area contributed by atoms with Crippen LogP contribution < -0.4 is 15.8 Å². The number of hydrogen-bond acceptors (Lipinski definition) is 5. The molecule has 5 heteroatoms. The fourth-order valence-electron chi connectivity index (χ4n) is 1.91. The molecule has 0 saturated heterocycles. The Kier molecular flexibility index (Phi) is 3.78. The highest BCUT2D eigenvalue weighted by Crippen LogP contribution is 2.34. The van der Waals surface area contributed by atoms with Gasteiger partial charge in [0.2, 0.25) is 5.88 Å². The molecule has 1 atom stereocenters. The van der Waals surface area contributed by atoms with E-state index >= 15 is 0 Å². The van der Waals surface area contributed by atoms with E-state index in [1.54, 1.807) is 0 Å². The van der Waals surface area contributed by atoms with Gasteiger partial charge >= 0.3 is 0 Å². The van der Waals surface area contributed by atoms with E-state index in [9.17, 15) is 0 Å². The summed E-state index contributed by atoms with van der Waals surface area (Å²) in [7, 11) is 0. The van der Waals surface area contributed by atoms with Crippen molar-refractivity contribution < 1.29 is 4.74 Å². The van der Waals surface area contributed by atoms with Crippen molar-refractivity contribution >= 4 is 5.82 Å². The van der Waals surface area contributed by atoms with Gasteiger partial charge in [-0.3, -0.25) is 0 Å². The first-order valence-corrected chi connectivity index (χ1v) is 6.17. The molecule has 1 unspecified atom stereocenters. The summed E-state index contributed by atoms with van der Waals surface area (Å²) in [5.74, 6) is 2.19. The van der Waals surface area contributed by atoms with Gasteiger partial charge in [0, 0.05) is 12.6 Å². The monoisotopic (exact) mass is 236 g/mol. The second-order valence-corrected chi connectivity index (χ2v) is 4.41. The molecule has 1 aliphatic carbocycles. The van der Waals surface area contributed by atoms with Crippen molar-refractivity contribution in [1.29, 1.82) is 0 Å². The highest BCUT2D eigenvalue weighted by Gasteiger charge is 2.30. The predicted octanol–water partition coefficient (Wildman–Crippen LogP) is 1.33. The van der Waals surface area contributed by atoms with Crippen LogP contribution in [0, 0.1) is 12.8 Å². The van der Waals surface area contributed by atoms with Crippen LogP contribution in [0.5, 0.6) is 5.88 Å². The van der Waals surface area contributed by atoms with Gasteiger partial charge in [-0.15, -0.1) is 0 Å². The summed E-state index contributed by atoms with van der Waals surface area (Å²) in [5, 5.41) is 3.40. The van der Waals surface area contributed by atoms with Gasteiger partial charge in [0.1, 0.15) is 12.1 Å². The van der Waals surface area contributed by atoms with Crippen LogP contribution in [0.15, 0.2) is 6.33 Å². The average molecular weight is 236 g/mol. The molecule has 0 aromatic carbocycles. The molecule has 1 saturated carbocycles. The number of nitrogens with one attached hydrogen (secondary N) is 1. The quantitative estimate of drug-likeness (QED) is 0.779. The minimum absolute atomic E-state index is 0.318. The Morgan fingerprint density at radius 3 is 2.88 bits per heavy atom. The Balaban J connectivity index is 2.11. The van der Waals surface area contributed by atoms with Crippen molar-refractivity contribution in [2.75, 3.05) is 18.5 Å². The molecule has 17 heavy (non-hydrogen) atoms. The maximum atomic E-state index is 5.77. The third kappa shape index (κ3) is 2.85. The zero-order chi connectivity index (χ0) is 12.3. The lowest BCUT2D eigenvalue weighted by molar-refractivity contribution is 0.323. The number of rotatable bonds is 6. The van der Waals surface area contributed by atoms with Gasteiger partial charge in [0.15, 0.2) is 0 Å². The van der Waals surface area contributed by atoms with Gasteiger partial charge in [0.05, 0.1) is 12.2 Å². The Labute approximate surface area is 102 Å². The van der Waals surface area contributed by atoms with Crippen molar-refractivity contribution in [3.8, 4) is 5.88 Å². The van der Waals surface area contributed by atoms with E-state index in [1.807, 2.05) is 13.8 Å². The van der Waals surface area contributed by atoms with Crippen molar-refractivity contribution in [3.63, 3.8) is 0 Å². The number of ether oxygens (including phenoxy) is 1. The van der Waals surface area contributed by atoms with Crippen molar-refractivity contribution in [1.82, 2.24) is 9.97 Å². The first kappa shape index (κ1) is 12.1. The van der Waals surface area contributed by atoms with E-state index in [2.05, 4.69) is 15.3 Å². The third-order valence-corrected chi connectivity index (χ3v) is 3.09. The molecule has 0 bridgehead atoms. The SMILES string of the molecule is CCOc1ncnc(NC(CN)C2CC2)c1C. The fourth-order valence-corrected chi connectivity index (χ4v) is 1.91. The van der Waals surface area contributed by atoms with Crippen LogP contribution in [0.25, 0.3) is 0 Å². The first-order valence-electron chi connectivity index (χ1n) is 6.17. The summed E-state index contributed by atoms with van der Waals surface area (Å²) < 4.78 is 5.45. The van der Waals surface area contributed by atoms with Gasteiger partial charge < -0.3 is 15.8 Å². The molecule has 0 radical (unpaired) electrons. The van der Waals surface area contributed by atoms with E-state index in [-0.39, 0.29) is 0 Å². The predicted molar refractivity (Wildman–Crippen MR) is 67.1 cm³/mol.